The minimum atomic E-state index is -0.509. The van der Waals surface area contributed by atoms with E-state index in [0.29, 0.717) is 12.3 Å². The van der Waals surface area contributed by atoms with E-state index in [2.05, 4.69) is 5.32 Å². The van der Waals surface area contributed by atoms with Crippen molar-refractivity contribution in [3.8, 4) is 5.75 Å². The fraction of sp³-hybridized carbons (Fsp3) is 0.350. The molecule has 0 saturated carbocycles. The Hall–Kier alpha value is -3.04. The van der Waals surface area contributed by atoms with Crippen molar-refractivity contribution in [2.75, 3.05) is 45.2 Å². The summed E-state index contributed by atoms with van der Waals surface area (Å²) >= 11 is 0. The first-order chi connectivity index (χ1) is 14.0. The van der Waals surface area contributed by atoms with E-state index in [9.17, 15) is 19.3 Å². The van der Waals surface area contributed by atoms with Gasteiger partial charge >= 0.3 is 0 Å². The number of nitrogens with one attached hydrogen (secondary N) is 3. The molecular weight excluding hydrogens is 379 g/mol. The summed E-state index contributed by atoms with van der Waals surface area (Å²) in [5.41, 5.74) is 0.929. The second-order valence-electron chi connectivity index (χ2n) is 7.13. The van der Waals surface area contributed by atoms with Crippen molar-refractivity contribution in [1.82, 2.24) is 0 Å². The average molecular weight is 404 g/mol. The molecule has 154 valence electrons. The molecule has 3 rings (SSSR count). The quantitative estimate of drug-likeness (QED) is 0.435. The minimum absolute atomic E-state index is 0.117. The van der Waals surface area contributed by atoms with Gasteiger partial charge in [0.2, 0.25) is 0 Å². The summed E-state index contributed by atoms with van der Waals surface area (Å²) < 4.78 is 18.9. The first-order valence-corrected chi connectivity index (χ1v) is 9.49. The molecule has 0 radical (unpaired) electrons. The molecule has 1 aliphatic rings. The van der Waals surface area contributed by atoms with E-state index in [4.69, 9.17) is 4.74 Å². The summed E-state index contributed by atoms with van der Waals surface area (Å²) in [5.74, 6) is 0.151. The van der Waals surface area contributed by atoms with E-state index in [-0.39, 0.29) is 29.6 Å². The highest BCUT2D eigenvalue weighted by Crippen LogP contribution is 2.22. The lowest BCUT2D eigenvalue weighted by Gasteiger charge is -2.29. The van der Waals surface area contributed by atoms with Crippen LogP contribution in [0.25, 0.3) is 0 Å². The first kappa shape index (κ1) is 20.7. The van der Waals surface area contributed by atoms with Gasteiger partial charge in [0.25, 0.3) is 11.6 Å². The van der Waals surface area contributed by atoms with E-state index in [1.807, 2.05) is 0 Å². The summed E-state index contributed by atoms with van der Waals surface area (Å²) in [6, 6.07) is 10.6. The van der Waals surface area contributed by atoms with Gasteiger partial charge in [-0.15, -0.1) is 0 Å². The van der Waals surface area contributed by atoms with Crippen LogP contribution >= 0.6 is 0 Å². The first-order valence-electron chi connectivity index (χ1n) is 9.49. The third-order valence-corrected chi connectivity index (χ3v) is 5.13. The Kier molecular flexibility index (Phi) is 6.73. The summed E-state index contributed by atoms with van der Waals surface area (Å²) in [6.07, 6.45) is 0. The van der Waals surface area contributed by atoms with Crippen molar-refractivity contribution in [2.45, 2.75) is 6.54 Å². The van der Waals surface area contributed by atoms with Crippen LogP contribution in [0.4, 0.5) is 15.8 Å². The molecule has 1 saturated heterocycles. The number of benzene rings is 2. The van der Waals surface area contributed by atoms with Gasteiger partial charge in [0.1, 0.15) is 50.0 Å². The summed E-state index contributed by atoms with van der Waals surface area (Å²) in [5, 5.41) is 13.7. The van der Waals surface area contributed by atoms with Gasteiger partial charge in [0.05, 0.1) is 17.6 Å². The Morgan fingerprint density at radius 3 is 2.55 bits per heavy atom. The number of hydrogen-bond acceptors (Lipinski definition) is 4. The number of rotatable bonds is 7. The van der Waals surface area contributed by atoms with Crippen LogP contribution in [-0.2, 0) is 11.3 Å². The Morgan fingerprint density at radius 1 is 1.17 bits per heavy atom. The van der Waals surface area contributed by atoms with Gasteiger partial charge in [-0.25, -0.2) is 4.39 Å². The predicted octanol–water partition coefficient (Wildman–Crippen LogP) is -0.335. The van der Waals surface area contributed by atoms with Crippen LogP contribution in [0.15, 0.2) is 42.5 Å². The van der Waals surface area contributed by atoms with Crippen LogP contribution < -0.4 is 19.9 Å². The van der Waals surface area contributed by atoms with Gasteiger partial charge in [0, 0.05) is 6.07 Å². The van der Waals surface area contributed by atoms with Crippen LogP contribution in [-0.4, -0.2) is 50.7 Å². The molecule has 9 heteroatoms. The molecule has 29 heavy (non-hydrogen) atoms. The maximum Gasteiger partial charge on any atom is 0.292 e. The smallest absolute Gasteiger partial charge is 0.292 e. The topological polar surface area (TPSA) is 90.4 Å². The van der Waals surface area contributed by atoms with E-state index in [0.717, 1.165) is 36.6 Å². The number of nitro benzene ring substituents is 1. The van der Waals surface area contributed by atoms with Crippen molar-refractivity contribution in [2.24, 2.45) is 0 Å². The number of ether oxygens (including phenoxy) is 1. The number of halogens is 1. The molecule has 0 unspecified atom stereocenters. The molecule has 0 spiro atoms. The molecule has 1 fully saturated rings. The monoisotopic (exact) mass is 404 g/mol. The average Bonchev–Trinajstić information content (AvgIpc) is 2.70. The third-order valence-electron chi connectivity index (χ3n) is 5.13. The number of carbonyl (C=O) groups excluding carboxylic acids is 1. The number of methoxy groups -OCH3 is 1. The highest BCUT2D eigenvalue weighted by molar-refractivity contribution is 5.93. The predicted molar refractivity (Wildman–Crippen MR) is 105 cm³/mol. The van der Waals surface area contributed by atoms with Crippen molar-refractivity contribution in [3.63, 3.8) is 0 Å². The molecule has 2 aromatic rings. The van der Waals surface area contributed by atoms with Crippen molar-refractivity contribution in [1.29, 1.82) is 0 Å². The minimum Gasteiger partial charge on any atom is -0.496 e. The van der Waals surface area contributed by atoms with E-state index in [1.54, 1.807) is 25.3 Å². The standard InChI is InChI=1S/C20H23FN4O4/c1-29-19-7-6-16(21)12-15(19)13-23-8-10-24(11-9-23)14-20(26)22-17-4-2-3-5-18(17)25(27)28/h2-7,12H,8-11,13-14H2,1H3,(H,22,26)/p+2. The number of hydrogen-bond donors (Lipinski definition) is 3. The van der Waals surface area contributed by atoms with Crippen molar-refractivity contribution in [3.05, 3.63) is 64.0 Å². The zero-order valence-corrected chi connectivity index (χ0v) is 16.2. The molecule has 1 heterocycles. The largest absolute Gasteiger partial charge is 0.496 e. The second-order valence-corrected chi connectivity index (χ2v) is 7.13. The number of nitrogens with zero attached hydrogens (tertiary/aromatic N) is 1. The molecule has 2 aromatic carbocycles. The molecule has 0 bridgehead atoms. The van der Waals surface area contributed by atoms with Gasteiger partial charge in [0.15, 0.2) is 6.54 Å². The molecule has 0 aromatic heterocycles. The molecule has 1 amide bonds. The van der Waals surface area contributed by atoms with Gasteiger partial charge in [-0.2, -0.15) is 0 Å². The molecule has 8 nitrogen and oxygen atoms in total. The normalized spacial score (nSPS) is 18.8. The zero-order valence-electron chi connectivity index (χ0n) is 16.2. The van der Waals surface area contributed by atoms with Gasteiger partial charge in [-0.1, -0.05) is 12.1 Å². The highest BCUT2D eigenvalue weighted by atomic mass is 19.1. The van der Waals surface area contributed by atoms with E-state index in [1.165, 1.54) is 29.2 Å². The van der Waals surface area contributed by atoms with Crippen LogP contribution in [0.5, 0.6) is 5.75 Å². The van der Waals surface area contributed by atoms with Crippen LogP contribution in [0.3, 0.4) is 0 Å². The van der Waals surface area contributed by atoms with Gasteiger partial charge < -0.3 is 19.9 Å². The second kappa shape index (κ2) is 9.44. The Morgan fingerprint density at radius 2 is 1.86 bits per heavy atom. The summed E-state index contributed by atoms with van der Waals surface area (Å²) in [6.45, 7) is 4.18. The van der Waals surface area contributed by atoms with Crippen molar-refractivity contribution >= 4 is 17.3 Å². The lowest BCUT2D eigenvalue weighted by atomic mass is 10.1. The number of piperazine rings is 1. The van der Waals surface area contributed by atoms with Crippen LogP contribution in [0.2, 0.25) is 0 Å². The molecular formula is C20H25FN4O4+2. The van der Waals surface area contributed by atoms with Crippen LogP contribution in [0, 0.1) is 15.9 Å². The number of anilines is 1. The maximum absolute atomic E-state index is 13.5. The molecule has 0 aliphatic carbocycles. The maximum atomic E-state index is 13.5. The number of quaternary nitrogens is 2. The molecule has 1 aliphatic heterocycles. The van der Waals surface area contributed by atoms with E-state index >= 15 is 0 Å². The highest BCUT2D eigenvalue weighted by Gasteiger charge is 2.26. The Bertz CT molecular complexity index is 885. The van der Waals surface area contributed by atoms with Gasteiger partial charge in [-0.05, 0) is 24.3 Å². The SMILES string of the molecule is COc1ccc(F)cc1C[NH+]1CC[NH+](CC(=O)Nc2ccccc2[N+](=O)[O-])CC1. The Balaban J connectivity index is 1.51. The van der Waals surface area contributed by atoms with Crippen LogP contribution in [0.1, 0.15) is 5.56 Å². The fourth-order valence-corrected chi connectivity index (χ4v) is 3.63. The molecule has 3 N–H and O–H groups in total. The lowest BCUT2D eigenvalue weighted by molar-refractivity contribution is -1.02. The third kappa shape index (κ3) is 5.49. The Labute approximate surface area is 168 Å². The molecule has 0 atom stereocenters. The van der Waals surface area contributed by atoms with E-state index < -0.39 is 4.92 Å². The fourth-order valence-electron chi connectivity index (χ4n) is 3.63. The lowest BCUT2D eigenvalue weighted by Crippen LogP contribution is -3.28. The summed E-state index contributed by atoms with van der Waals surface area (Å²) in [7, 11) is 1.57. The van der Waals surface area contributed by atoms with Crippen molar-refractivity contribution < 1.29 is 28.6 Å². The zero-order chi connectivity index (χ0) is 20.8. The number of amides is 1. The number of nitro groups is 1. The summed E-state index contributed by atoms with van der Waals surface area (Å²) in [4.78, 5) is 25.3. The number of carbonyl (C=O) groups is 1. The number of para-hydroxylation sites is 2. The van der Waals surface area contributed by atoms with Gasteiger partial charge in [-0.3, -0.25) is 14.9 Å².